The molecule has 0 saturated carbocycles. The molecule has 0 bridgehead atoms. The quantitative estimate of drug-likeness (QED) is 0.616. The minimum absolute atomic E-state index is 0.549. The van der Waals surface area contributed by atoms with Crippen molar-refractivity contribution >= 4 is 11.4 Å². The first kappa shape index (κ1) is 7.60. The first-order valence-electron chi connectivity index (χ1n) is 3.77. The number of hydrogen-bond acceptors (Lipinski definition) is 4. The van der Waals surface area contributed by atoms with Gasteiger partial charge in [0.2, 0.25) is 0 Å². The van der Waals surface area contributed by atoms with Crippen LogP contribution in [0.1, 0.15) is 0 Å². The lowest BCUT2D eigenvalue weighted by Crippen LogP contribution is -1.99. The number of nitrogens with zero attached hydrogens (tertiary/aromatic N) is 3. The van der Waals surface area contributed by atoms with Crippen LogP contribution in [-0.2, 0) is 0 Å². The van der Waals surface area contributed by atoms with Gasteiger partial charge in [0.05, 0.1) is 17.1 Å². The molecular formula is C8H9N5. The SMILES string of the molecule is Nc1ccc(-n2cncn2)cc1N. The van der Waals surface area contributed by atoms with Gasteiger partial charge in [0, 0.05) is 0 Å². The fourth-order valence-corrected chi connectivity index (χ4v) is 1.05. The Morgan fingerprint density at radius 2 is 2.00 bits per heavy atom. The van der Waals surface area contributed by atoms with E-state index >= 15 is 0 Å². The van der Waals surface area contributed by atoms with Gasteiger partial charge in [0.25, 0.3) is 0 Å². The van der Waals surface area contributed by atoms with Gasteiger partial charge in [-0.15, -0.1) is 0 Å². The summed E-state index contributed by atoms with van der Waals surface area (Å²) in [5.41, 5.74) is 13.2. The van der Waals surface area contributed by atoms with Crippen LogP contribution in [0.4, 0.5) is 11.4 Å². The highest BCUT2D eigenvalue weighted by molar-refractivity contribution is 5.66. The van der Waals surface area contributed by atoms with E-state index in [9.17, 15) is 0 Å². The van der Waals surface area contributed by atoms with Crippen LogP contribution in [0, 0.1) is 0 Å². The van der Waals surface area contributed by atoms with Gasteiger partial charge in [-0.2, -0.15) is 5.10 Å². The molecule has 5 nitrogen and oxygen atoms in total. The molecule has 1 aromatic heterocycles. The van der Waals surface area contributed by atoms with Crippen LogP contribution in [-0.4, -0.2) is 14.8 Å². The van der Waals surface area contributed by atoms with Gasteiger partial charge in [-0.25, -0.2) is 9.67 Å². The predicted molar refractivity (Wildman–Crippen MR) is 50.2 cm³/mol. The number of aromatic nitrogens is 3. The first-order chi connectivity index (χ1) is 6.27. The molecule has 0 aliphatic rings. The van der Waals surface area contributed by atoms with Gasteiger partial charge >= 0.3 is 0 Å². The molecule has 0 unspecified atom stereocenters. The summed E-state index contributed by atoms with van der Waals surface area (Å²) in [7, 11) is 0. The van der Waals surface area contributed by atoms with E-state index < -0.39 is 0 Å². The molecule has 0 fully saturated rings. The van der Waals surface area contributed by atoms with Crippen molar-refractivity contribution in [1.82, 2.24) is 14.8 Å². The van der Waals surface area contributed by atoms with Gasteiger partial charge in [0.1, 0.15) is 12.7 Å². The van der Waals surface area contributed by atoms with E-state index in [1.807, 2.05) is 6.07 Å². The fourth-order valence-electron chi connectivity index (χ4n) is 1.05. The zero-order valence-corrected chi connectivity index (χ0v) is 6.88. The molecule has 0 saturated heterocycles. The van der Waals surface area contributed by atoms with Crippen LogP contribution in [0.15, 0.2) is 30.9 Å². The topological polar surface area (TPSA) is 82.8 Å². The van der Waals surface area contributed by atoms with Crippen LogP contribution in [0.3, 0.4) is 0 Å². The van der Waals surface area contributed by atoms with Crippen LogP contribution in [0.2, 0.25) is 0 Å². The van der Waals surface area contributed by atoms with E-state index in [-0.39, 0.29) is 0 Å². The number of hydrogen-bond donors (Lipinski definition) is 2. The summed E-state index contributed by atoms with van der Waals surface area (Å²) in [6.07, 6.45) is 3.07. The summed E-state index contributed by atoms with van der Waals surface area (Å²) < 4.78 is 1.62. The molecule has 13 heavy (non-hydrogen) atoms. The molecule has 0 radical (unpaired) electrons. The summed E-state index contributed by atoms with van der Waals surface area (Å²) >= 11 is 0. The monoisotopic (exact) mass is 175 g/mol. The largest absolute Gasteiger partial charge is 0.397 e. The first-order valence-corrected chi connectivity index (χ1v) is 3.77. The molecule has 2 rings (SSSR count). The van der Waals surface area contributed by atoms with Crippen LogP contribution >= 0.6 is 0 Å². The normalized spacial score (nSPS) is 10.2. The van der Waals surface area contributed by atoms with Crippen LogP contribution in [0.5, 0.6) is 0 Å². The average Bonchev–Trinajstić information content (AvgIpc) is 2.62. The lowest BCUT2D eigenvalue weighted by molar-refractivity contribution is 0.879. The molecule has 0 amide bonds. The number of nitrogens with two attached hydrogens (primary N) is 2. The Bertz CT molecular complexity index is 406. The Balaban J connectivity index is 2.49. The van der Waals surface area contributed by atoms with Crippen LogP contribution in [0.25, 0.3) is 5.69 Å². The molecule has 1 heterocycles. The molecule has 66 valence electrons. The number of benzene rings is 1. The lowest BCUT2D eigenvalue weighted by atomic mass is 10.2. The maximum Gasteiger partial charge on any atom is 0.138 e. The Labute approximate surface area is 75.0 Å². The van der Waals surface area contributed by atoms with Crippen molar-refractivity contribution in [2.24, 2.45) is 0 Å². The number of nitrogen functional groups attached to an aromatic ring is 2. The summed E-state index contributed by atoms with van der Waals surface area (Å²) in [5, 5.41) is 3.97. The van der Waals surface area contributed by atoms with Gasteiger partial charge < -0.3 is 11.5 Å². The summed E-state index contributed by atoms with van der Waals surface area (Å²) in [5.74, 6) is 0. The van der Waals surface area contributed by atoms with Crippen molar-refractivity contribution in [1.29, 1.82) is 0 Å². The average molecular weight is 175 g/mol. The molecule has 0 aliphatic heterocycles. The molecule has 0 atom stereocenters. The van der Waals surface area contributed by atoms with E-state index in [4.69, 9.17) is 11.5 Å². The van der Waals surface area contributed by atoms with E-state index in [1.165, 1.54) is 6.33 Å². The van der Waals surface area contributed by atoms with Gasteiger partial charge in [-0.1, -0.05) is 0 Å². The third-order valence-corrected chi connectivity index (χ3v) is 1.75. The zero-order chi connectivity index (χ0) is 9.26. The van der Waals surface area contributed by atoms with Gasteiger partial charge in [0.15, 0.2) is 0 Å². The Kier molecular flexibility index (Phi) is 1.63. The number of rotatable bonds is 1. The summed E-state index contributed by atoms with van der Waals surface area (Å²) in [6.45, 7) is 0. The maximum absolute atomic E-state index is 5.64. The van der Waals surface area contributed by atoms with Crippen molar-refractivity contribution in [3.63, 3.8) is 0 Å². The highest BCUT2D eigenvalue weighted by atomic mass is 15.3. The Hall–Kier alpha value is -2.04. The highest BCUT2D eigenvalue weighted by Crippen LogP contribution is 2.17. The van der Waals surface area contributed by atoms with Crippen molar-refractivity contribution in [2.45, 2.75) is 0 Å². The standard InChI is InChI=1S/C8H9N5/c9-7-2-1-6(3-8(7)10)13-5-11-4-12-13/h1-5H,9-10H2. The van der Waals surface area contributed by atoms with E-state index in [0.717, 1.165) is 5.69 Å². The molecule has 0 aliphatic carbocycles. The van der Waals surface area contributed by atoms with E-state index in [0.29, 0.717) is 11.4 Å². The summed E-state index contributed by atoms with van der Waals surface area (Å²) in [4.78, 5) is 3.83. The number of anilines is 2. The van der Waals surface area contributed by atoms with Gasteiger partial charge in [-0.05, 0) is 18.2 Å². The molecule has 4 N–H and O–H groups in total. The van der Waals surface area contributed by atoms with E-state index in [2.05, 4.69) is 10.1 Å². The van der Waals surface area contributed by atoms with Gasteiger partial charge in [-0.3, -0.25) is 0 Å². The van der Waals surface area contributed by atoms with Crippen molar-refractivity contribution < 1.29 is 0 Å². The highest BCUT2D eigenvalue weighted by Gasteiger charge is 1.99. The molecular weight excluding hydrogens is 166 g/mol. The fraction of sp³-hybridized carbons (Fsp3) is 0. The predicted octanol–water partition coefficient (Wildman–Crippen LogP) is 0.432. The second kappa shape index (κ2) is 2.78. The molecule has 5 heteroatoms. The van der Waals surface area contributed by atoms with Crippen molar-refractivity contribution in [3.05, 3.63) is 30.9 Å². The molecule has 0 spiro atoms. The zero-order valence-electron chi connectivity index (χ0n) is 6.88. The van der Waals surface area contributed by atoms with Crippen LogP contribution < -0.4 is 11.5 Å². The molecule has 2 aromatic rings. The Morgan fingerprint density at radius 1 is 1.15 bits per heavy atom. The van der Waals surface area contributed by atoms with Crippen molar-refractivity contribution in [3.8, 4) is 5.69 Å². The third-order valence-electron chi connectivity index (χ3n) is 1.75. The second-order valence-electron chi connectivity index (χ2n) is 2.65. The summed E-state index contributed by atoms with van der Waals surface area (Å²) in [6, 6.07) is 5.33. The molecule has 1 aromatic carbocycles. The lowest BCUT2D eigenvalue weighted by Gasteiger charge is -2.03. The maximum atomic E-state index is 5.64. The second-order valence-corrected chi connectivity index (χ2v) is 2.65. The minimum Gasteiger partial charge on any atom is -0.397 e. The van der Waals surface area contributed by atoms with Crippen molar-refractivity contribution in [2.75, 3.05) is 11.5 Å². The van der Waals surface area contributed by atoms with E-state index in [1.54, 1.807) is 23.1 Å². The third kappa shape index (κ3) is 1.31. The Morgan fingerprint density at radius 3 is 2.62 bits per heavy atom. The smallest absolute Gasteiger partial charge is 0.138 e. The minimum atomic E-state index is 0.549.